The first-order valence-corrected chi connectivity index (χ1v) is 26.0. The largest absolute Gasteiger partial charge is 0.464 e. The first-order valence-electron chi connectivity index (χ1n) is 26.0. The molecule has 0 aliphatic carbocycles. The number of hydrazine groups is 1. The Morgan fingerprint density at radius 2 is 1.72 bits per heavy atom. The van der Waals surface area contributed by atoms with Crippen LogP contribution >= 0.6 is 0 Å². The van der Waals surface area contributed by atoms with Crippen molar-refractivity contribution >= 4 is 40.5 Å². The smallest absolute Gasteiger partial charge is 0.324 e. The monoisotopic (exact) mass is 983 g/mol. The number of methoxy groups -OCH3 is 1. The van der Waals surface area contributed by atoms with Crippen LogP contribution in [0.5, 0.6) is 0 Å². The second-order valence-electron chi connectivity index (χ2n) is 21.7. The summed E-state index contributed by atoms with van der Waals surface area (Å²) in [7, 11) is 1.69. The van der Waals surface area contributed by atoms with Gasteiger partial charge >= 0.3 is 5.97 Å². The van der Waals surface area contributed by atoms with E-state index in [1.54, 1.807) is 18.2 Å². The highest BCUT2D eigenvalue weighted by Gasteiger charge is 2.40. The SMILES string of the molecule is CCn1c(-c2cccnc2[C@H](C)OC)c2c3cc(ccc31)-c1cccc(c1)C[C@H](NC(=O)C(C(C)C)N1CCCCN(C(=O)C#CC(C)(C)N3CCC3)CC1=O)C(=O)N1CCC[C@H](N1)C(=O)OCC(C)(C)C2. The van der Waals surface area contributed by atoms with Crippen LogP contribution in [0.4, 0.5) is 0 Å². The van der Waals surface area contributed by atoms with Crippen molar-refractivity contribution in [1.29, 1.82) is 0 Å². The van der Waals surface area contributed by atoms with Crippen molar-refractivity contribution in [3.05, 3.63) is 77.6 Å². The number of esters is 1. The summed E-state index contributed by atoms with van der Waals surface area (Å²) in [6.07, 6.45) is 5.59. The van der Waals surface area contributed by atoms with Crippen LogP contribution < -0.4 is 10.7 Å². The molecule has 0 saturated carbocycles. The molecular formula is C57H74N8O7. The quantitative estimate of drug-likeness (QED) is 0.137. The van der Waals surface area contributed by atoms with E-state index in [4.69, 9.17) is 14.5 Å². The molecule has 15 heteroatoms. The number of pyridine rings is 1. The summed E-state index contributed by atoms with van der Waals surface area (Å²) in [5.74, 6) is 3.55. The van der Waals surface area contributed by atoms with Gasteiger partial charge in [0.1, 0.15) is 24.7 Å². The molecular weight excluding hydrogens is 909 g/mol. The average molecular weight is 983 g/mol. The molecule has 3 saturated heterocycles. The molecule has 4 aromatic rings. The van der Waals surface area contributed by atoms with Gasteiger partial charge in [-0.1, -0.05) is 63.9 Å². The van der Waals surface area contributed by atoms with Crippen molar-refractivity contribution < 1.29 is 33.4 Å². The lowest BCUT2D eigenvalue weighted by atomic mass is 9.84. The number of ether oxygens (including phenoxy) is 2. The van der Waals surface area contributed by atoms with Crippen LogP contribution in [-0.2, 0) is 52.8 Å². The zero-order chi connectivity index (χ0) is 51.5. The molecule has 6 heterocycles. The summed E-state index contributed by atoms with van der Waals surface area (Å²) in [6, 6.07) is 15.9. The van der Waals surface area contributed by atoms with Crippen molar-refractivity contribution in [3.8, 4) is 34.2 Å². The van der Waals surface area contributed by atoms with E-state index in [1.165, 1.54) is 9.91 Å². The molecule has 0 radical (unpaired) electrons. The summed E-state index contributed by atoms with van der Waals surface area (Å²) in [6.45, 7) is 19.7. The maximum absolute atomic E-state index is 14.9. The van der Waals surface area contributed by atoms with Gasteiger partial charge in [0.2, 0.25) is 11.8 Å². The predicted octanol–water partition coefficient (Wildman–Crippen LogP) is 6.71. The number of carbonyl (C=O) groups excluding carboxylic acids is 5. The summed E-state index contributed by atoms with van der Waals surface area (Å²) >= 11 is 0. The molecule has 384 valence electrons. The van der Waals surface area contributed by atoms with Crippen molar-refractivity contribution in [2.24, 2.45) is 11.3 Å². The first kappa shape index (κ1) is 52.2. The van der Waals surface area contributed by atoms with E-state index in [9.17, 15) is 24.0 Å². The minimum absolute atomic E-state index is 0.132. The molecule has 2 N–H and O–H groups in total. The van der Waals surface area contributed by atoms with Crippen LogP contribution in [0.15, 0.2) is 60.8 Å². The number of carbonyl (C=O) groups is 5. The predicted molar refractivity (Wildman–Crippen MR) is 278 cm³/mol. The van der Waals surface area contributed by atoms with E-state index in [0.29, 0.717) is 58.3 Å². The molecule has 6 bridgehead atoms. The maximum Gasteiger partial charge on any atom is 0.324 e. The molecule has 15 nitrogen and oxygen atoms in total. The summed E-state index contributed by atoms with van der Waals surface area (Å²) in [4.78, 5) is 81.7. The third-order valence-electron chi connectivity index (χ3n) is 15.0. The van der Waals surface area contributed by atoms with Crippen molar-refractivity contribution in [2.45, 2.75) is 137 Å². The minimum Gasteiger partial charge on any atom is -0.464 e. The number of benzene rings is 2. The summed E-state index contributed by atoms with van der Waals surface area (Å²) < 4.78 is 14.3. The van der Waals surface area contributed by atoms with E-state index in [-0.39, 0.29) is 37.5 Å². The Balaban J connectivity index is 1.14. The minimum atomic E-state index is -1.07. The number of amides is 4. The molecule has 0 spiro atoms. The molecule has 4 aliphatic heterocycles. The topological polar surface area (TPSA) is 159 Å². The maximum atomic E-state index is 14.9. The van der Waals surface area contributed by atoms with Gasteiger partial charge in [0, 0.05) is 80.9 Å². The lowest BCUT2D eigenvalue weighted by Crippen LogP contribution is -2.62. The molecule has 3 fully saturated rings. The lowest BCUT2D eigenvalue weighted by molar-refractivity contribution is -0.155. The van der Waals surface area contributed by atoms with Gasteiger partial charge in [-0.15, -0.1) is 0 Å². The number of fused-ring (bicyclic) bond motifs is 6. The molecule has 4 amide bonds. The Morgan fingerprint density at radius 3 is 2.44 bits per heavy atom. The Labute approximate surface area is 425 Å². The molecule has 4 atom stereocenters. The van der Waals surface area contributed by atoms with Crippen LogP contribution in [0.25, 0.3) is 33.3 Å². The molecule has 4 aliphatic rings. The fraction of sp³-hybridized carbons (Fsp3) is 0.544. The molecule has 1 unspecified atom stereocenters. The second-order valence-corrected chi connectivity index (χ2v) is 21.7. The fourth-order valence-electron chi connectivity index (χ4n) is 10.8. The fourth-order valence-corrected chi connectivity index (χ4v) is 10.8. The average Bonchev–Trinajstić information content (AvgIpc) is 3.64. The Morgan fingerprint density at radius 1 is 0.958 bits per heavy atom. The number of cyclic esters (lactones) is 1. The molecule has 8 rings (SSSR count). The number of hydrogen-bond acceptors (Lipinski definition) is 10. The summed E-state index contributed by atoms with van der Waals surface area (Å²) in [5.41, 5.74) is 10.0. The van der Waals surface area contributed by atoms with Gasteiger partial charge in [0.15, 0.2) is 0 Å². The molecule has 72 heavy (non-hydrogen) atoms. The Hall–Kier alpha value is -6.08. The number of rotatable bonds is 9. The highest BCUT2D eigenvalue weighted by molar-refractivity contribution is 5.98. The molecule has 2 aromatic carbocycles. The van der Waals surface area contributed by atoms with Crippen molar-refractivity contribution in [3.63, 3.8) is 0 Å². The lowest BCUT2D eigenvalue weighted by Gasteiger charge is -2.41. The van der Waals surface area contributed by atoms with Gasteiger partial charge in [-0.2, -0.15) is 0 Å². The third kappa shape index (κ3) is 11.3. The standard InChI is InChI=1S/C57H74N8O7/c1-10-63-47-22-21-41-33-43(47)44(52(63)42-19-14-25-58-50(42)38(4)71-9)34-56(5,6)36-72-55(70)45-20-15-30-65(60-45)54(69)46(32-39-17-13-18-40(41)31-39)59-53(68)51(37(2)3)64-29-12-11-26-61(35-49(64)67)48(66)23-24-57(7,8)62-27-16-28-62/h13-14,17-19,21-22,25,31,33,37-38,45-46,51,60H,10-12,15-16,20,26-30,32,34-36H2,1-9H3,(H,59,68)/t38-,45-,46-,51?/m0/s1. The van der Waals surface area contributed by atoms with Gasteiger partial charge < -0.3 is 29.2 Å². The van der Waals surface area contributed by atoms with E-state index < -0.39 is 52.8 Å². The normalized spacial score (nSPS) is 21.1. The zero-order valence-corrected chi connectivity index (χ0v) is 43.8. The van der Waals surface area contributed by atoms with Crippen LogP contribution in [0.3, 0.4) is 0 Å². The van der Waals surface area contributed by atoms with Crippen LogP contribution in [-0.4, -0.2) is 136 Å². The van der Waals surface area contributed by atoms with E-state index >= 15 is 0 Å². The van der Waals surface area contributed by atoms with Crippen LogP contribution in [0.1, 0.15) is 110 Å². The number of hydrogen-bond donors (Lipinski definition) is 2. The number of nitrogens with zero attached hydrogens (tertiary/aromatic N) is 6. The Bertz CT molecular complexity index is 2750. The zero-order valence-electron chi connectivity index (χ0n) is 43.8. The third-order valence-corrected chi connectivity index (χ3v) is 15.0. The summed E-state index contributed by atoms with van der Waals surface area (Å²) in [5, 5.41) is 5.64. The van der Waals surface area contributed by atoms with Crippen LogP contribution in [0, 0.1) is 23.2 Å². The number of aryl methyl sites for hydroxylation is 1. The van der Waals surface area contributed by atoms with Gasteiger partial charge in [0.25, 0.3) is 11.8 Å². The van der Waals surface area contributed by atoms with Gasteiger partial charge in [-0.05, 0) is 125 Å². The van der Waals surface area contributed by atoms with Gasteiger partial charge in [-0.25, -0.2) is 5.43 Å². The van der Waals surface area contributed by atoms with Gasteiger partial charge in [0.05, 0.1) is 29.6 Å². The highest BCUT2D eigenvalue weighted by Crippen LogP contribution is 2.42. The van der Waals surface area contributed by atoms with Gasteiger partial charge in [-0.3, -0.25) is 38.9 Å². The Kier molecular flexibility index (Phi) is 15.9. The highest BCUT2D eigenvalue weighted by atomic mass is 16.5. The first-order chi connectivity index (χ1) is 34.4. The second kappa shape index (κ2) is 22.0. The van der Waals surface area contributed by atoms with Crippen molar-refractivity contribution in [1.82, 2.24) is 40.0 Å². The van der Waals surface area contributed by atoms with E-state index in [0.717, 1.165) is 69.6 Å². The van der Waals surface area contributed by atoms with Crippen molar-refractivity contribution in [2.75, 3.05) is 53.0 Å². The van der Waals surface area contributed by atoms with Crippen LogP contribution in [0.2, 0.25) is 0 Å². The molecule has 2 aromatic heterocycles. The number of likely N-dealkylation sites (tertiary alicyclic amines) is 1. The number of aromatic nitrogens is 2. The van der Waals surface area contributed by atoms with E-state index in [2.05, 4.69) is 89.2 Å². The number of nitrogens with one attached hydrogen (secondary N) is 2. The van der Waals surface area contributed by atoms with E-state index in [1.807, 2.05) is 52.8 Å².